The molecule has 17 nitrogen and oxygen atoms in total. The van der Waals surface area contributed by atoms with Crippen LogP contribution in [0, 0.1) is 6.92 Å². The summed E-state index contributed by atoms with van der Waals surface area (Å²) in [4.78, 5) is 56.8. The number of fused-ring (bicyclic) bond motifs is 2. The van der Waals surface area contributed by atoms with Crippen LogP contribution in [0.15, 0.2) is 291 Å². The third kappa shape index (κ3) is 20.2. The second kappa shape index (κ2) is 37.3. The summed E-state index contributed by atoms with van der Waals surface area (Å²) in [6.07, 6.45) is -0.466. The molecule has 2 aromatic heterocycles. The van der Waals surface area contributed by atoms with Crippen molar-refractivity contribution in [2.24, 2.45) is 0 Å². The van der Waals surface area contributed by atoms with E-state index in [9.17, 15) is 14.4 Å². The Hall–Kier alpha value is -12.7. The van der Waals surface area contributed by atoms with Crippen molar-refractivity contribution in [2.45, 2.75) is 72.4 Å². The molecule has 0 bridgehead atoms. The van der Waals surface area contributed by atoms with Crippen LogP contribution in [0.4, 0.5) is 0 Å². The normalized spacial score (nSPS) is 11.1. The average molecular weight is 1450 g/mol. The number of hydrogen-bond donors (Lipinski definition) is 0. The molecular formula is C91H80O17. The van der Waals surface area contributed by atoms with Gasteiger partial charge >= 0.3 is 0 Å². The van der Waals surface area contributed by atoms with Gasteiger partial charge in [0.05, 0.1) is 32.8 Å². The molecule has 0 spiro atoms. The van der Waals surface area contributed by atoms with E-state index < -0.39 is 10.9 Å². The van der Waals surface area contributed by atoms with Crippen molar-refractivity contribution in [1.82, 2.24) is 0 Å². The van der Waals surface area contributed by atoms with Crippen molar-refractivity contribution in [3.05, 3.63) is 338 Å². The van der Waals surface area contributed by atoms with Crippen LogP contribution in [-0.4, -0.2) is 51.2 Å². The molecule has 0 aliphatic rings. The second-order valence-corrected chi connectivity index (χ2v) is 25.5. The highest BCUT2D eigenvalue weighted by atomic mass is 16.5. The molecule has 0 N–H and O–H groups in total. The summed E-state index contributed by atoms with van der Waals surface area (Å²) >= 11 is 0. The molecule has 11 aromatic carbocycles. The van der Waals surface area contributed by atoms with E-state index in [0.29, 0.717) is 51.2 Å². The molecule has 0 aliphatic carbocycles. The molecule has 13 rings (SSSR count). The van der Waals surface area contributed by atoms with E-state index in [-0.39, 0.29) is 162 Å². The second-order valence-electron chi connectivity index (χ2n) is 25.5. The number of ketones is 2. The zero-order chi connectivity index (χ0) is 74.1. The highest BCUT2D eigenvalue weighted by molar-refractivity contribution is 5.99. The lowest BCUT2D eigenvalue weighted by Crippen LogP contribution is -2.17. The molecular weight excluding hydrogens is 1360 g/mol. The van der Waals surface area contributed by atoms with E-state index in [4.69, 9.17) is 60.9 Å². The number of benzene rings is 11. The molecule has 0 aliphatic heterocycles. The smallest absolute Gasteiger partial charge is 0.239 e. The lowest BCUT2D eigenvalue weighted by Gasteiger charge is -2.17. The van der Waals surface area contributed by atoms with Gasteiger partial charge in [0.2, 0.25) is 22.4 Å². The number of carbonyl (C=O) groups excluding carboxylic acids is 2. The zero-order valence-corrected chi connectivity index (χ0v) is 59.7. The Bertz CT molecular complexity index is 5230. The molecule has 17 heteroatoms. The highest BCUT2D eigenvalue weighted by Gasteiger charge is 2.26. The fraction of sp³-hybridized carbons (Fsp3) is 0.187. The van der Waals surface area contributed by atoms with E-state index >= 15 is 4.79 Å². The van der Waals surface area contributed by atoms with Gasteiger partial charge in [-0.15, -0.1) is 0 Å². The van der Waals surface area contributed by atoms with Crippen LogP contribution in [0.1, 0.15) is 63.8 Å². The Morgan fingerprint density at radius 3 is 0.972 bits per heavy atom. The molecule has 2 heterocycles. The van der Waals surface area contributed by atoms with Crippen LogP contribution in [-0.2, 0) is 65.3 Å². The van der Waals surface area contributed by atoms with Gasteiger partial charge in [-0.25, -0.2) is 0 Å². The van der Waals surface area contributed by atoms with Gasteiger partial charge in [0.25, 0.3) is 0 Å². The molecule has 0 fully saturated rings. The molecule has 0 atom stereocenters. The van der Waals surface area contributed by atoms with Crippen molar-refractivity contribution < 1.29 is 70.5 Å². The van der Waals surface area contributed by atoms with Gasteiger partial charge in [0, 0.05) is 36.1 Å². The van der Waals surface area contributed by atoms with E-state index in [1.165, 1.54) is 0 Å². The van der Waals surface area contributed by atoms with Gasteiger partial charge in [-0.1, -0.05) is 212 Å². The van der Waals surface area contributed by atoms with E-state index in [0.717, 1.165) is 44.5 Å². The van der Waals surface area contributed by atoms with Crippen LogP contribution in [0.5, 0.6) is 51.7 Å². The third-order valence-corrected chi connectivity index (χ3v) is 17.4. The fourth-order valence-electron chi connectivity index (χ4n) is 11.9. The minimum atomic E-state index is -0.519. The summed E-state index contributed by atoms with van der Waals surface area (Å²) in [6, 6.07) is 85.5. The Balaban J connectivity index is 0.666. The van der Waals surface area contributed by atoms with Crippen molar-refractivity contribution in [1.29, 1.82) is 0 Å². The third-order valence-electron chi connectivity index (χ3n) is 17.4. The standard InChI is InChI=1S/C91H80O17/c1-63-49-80(105-61-69-33-19-7-20-34-69)84-82(50-63)107-88(71-37-39-76(101-57-65-25-11-3-12-26-65)78(51-71)103-59-67-29-15-5-16-30-67)90(86(84)94)98-47-45-96-43-41-73(92)53-74(93)42-44-97-46-48-99-91-87(95)85-81(106-62-70-35-21-8-22-36-70)54-75(100-56-64-23-9-2-10-24-64)55-83(85)108-89(91)72-38-40-77(102-58-66-27-13-4-14-28-66)79(52-72)104-60-68-31-17-6-18-32-68/h2-40,49-52,54-55H,41-48,53,56-62H2,1H3. The minimum absolute atomic E-state index is 0.0192. The first-order chi connectivity index (χ1) is 53.1. The topological polar surface area (TPSA) is 196 Å². The van der Waals surface area contributed by atoms with E-state index in [2.05, 4.69) is 0 Å². The van der Waals surface area contributed by atoms with Gasteiger partial charge in [0.1, 0.15) is 110 Å². The Labute approximate surface area is 625 Å². The number of ether oxygens (including phenoxy) is 11. The summed E-state index contributed by atoms with van der Waals surface area (Å²) < 4.78 is 82.8. The molecule has 0 radical (unpaired) electrons. The highest BCUT2D eigenvalue weighted by Crippen LogP contribution is 2.43. The lowest BCUT2D eigenvalue weighted by atomic mass is 10.1. The monoisotopic (exact) mass is 1440 g/mol. The van der Waals surface area contributed by atoms with Crippen LogP contribution in [0.25, 0.3) is 44.6 Å². The molecule has 546 valence electrons. The quantitative estimate of drug-likeness (QED) is 0.0260. The maximum atomic E-state index is 15.2. The Morgan fingerprint density at radius 1 is 0.296 bits per heavy atom. The number of Topliss-reactive ketones (excluding diaryl/α,β-unsaturated/α-hetero) is 2. The largest absolute Gasteiger partial charge is 0.489 e. The summed E-state index contributed by atoms with van der Waals surface area (Å²) in [7, 11) is 0. The van der Waals surface area contributed by atoms with Gasteiger partial charge in [-0.3, -0.25) is 19.2 Å². The maximum absolute atomic E-state index is 15.2. The van der Waals surface area contributed by atoms with Crippen LogP contribution in [0.3, 0.4) is 0 Å². The number of rotatable bonds is 39. The number of carbonyl (C=O) groups is 2. The molecule has 0 unspecified atom stereocenters. The number of hydrogen-bond acceptors (Lipinski definition) is 17. The molecule has 108 heavy (non-hydrogen) atoms. The minimum Gasteiger partial charge on any atom is -0.489 e. The molecule has 0 saturated heterocycles. The SMILES string of the molecule is Cc1cc(OCc2ccccc2)c2c(=O)c(OCCOCCC(=O)CC(=O)CCOCCOc3c(-c4ccc(OCc5ccccc5)c(OCc5ccccc5)c4)oc4cc(OCc5ccccc5)cc(OCc5ccccc5)c4c3=O)c(-c3ccc(OCc4ccccc4)c(OCc4ccccc4)c3)oc2c1. The fourth-order valence-corrected chi connectivity index (χ4v) is 11.9. The molecule has 0 amide bonds. The zero-order valence-electron chi connectivity index (χ0n) is 59.7. The van der Waals surface area contributed by atoms with Crippen molar-refractivity contribution in [3.8, 4) is 74.4 Å². The lowest BCUT2D eigenvalue weighted by molar-refractivity contribution is -0.128. The van der Waals surface area contributed by atoms with E-state index in [1.807, 2.05) is 219 Å². The van der Waals surface area contributed by atoms with Crippen molar-refractivity contribution in [3.63, 3.8) is 0 Å². The van der Waals surface area contributed by atoms with Gasteiger partial charge < -0.3 is 60.9 Å². The summed E-state index contributed by atoms with van der Waals surface area (Å²) in [6.45, 7) is 3.12. The van der Waals surface area contributed by atoms with Crippen molar-refractivity contribution >= 4 is 33.5 Å². The number of aryl methyl sites for hydroxylation is 1. The predicted octanol–water partition coefficient (Wildman–Crippen LogP) is 18.4. The van der Waals surface area contributed by atoms with Crippen LogP contribution < -0.4 is 53.5 Å². The molecule has 0 saturated carbocycles. The maximum Gasteiger partial charge on any atom is 0.239 e. The molecule has 13 aromatic rings. The van der Waals surface area contributed by atoms with Gasteiger partial charge in [-0.05, 0) is 100.0 Å². The van der Waals surface area contributed by atoms with Crippen LogP contribution >= 0.6 is 0 Å². The Morgan fingerprint density at radius 2 is 0.611 bits per heavy atom. The first-order valence-electron chi connectivity index (χ1n) is 35.8. The first kappa shape index (κ1) is 73.6. The van der Waals surface area contributed by atoms with Gasteiger partial charge in [-0.2, -0.15) is 0 Å². The summed E-state index contributed by atoms with van der Waals surface area (Å²) in [5, 5.41) is 0.320. The van der Waals surface area contributed by atoms with E-state index in [1.54, 1.807) is 60.7 Å². The summed E-state index contributed by atoms with van der Waals surface area (Å²) in [5.74, 6) is 2.05. The van der Waals surface area contributed by atoms with Gasteiger partial charge in [0.15, 0.2) is 34.5 Å². The summed E-state index contributed by atoms with van der Waals surface area (Å²) in [5.41, 5.74) is 7.73. The van der Waals surface area contributed by atoms with Crippen LogP contribution in [0.2, 0.25) is 0 Å². The average Bonchev–Trinajstić information content (AvgIpc) is 0.761. The van der Waals surface area contributed by atoms with Crippen molar-refractivity contribution in [2.75, 3.05) is 39.6 Å². The predicted molar refractivity (Wildman–Crippen MR) is 412 cm³/mol. The Kier molecular flexibility index (Phi) is 25.4. The first-order valence-corrected chi connectivity index (χ1v) is 35.8.